The Kier molecular flexibility index (Phi) is 7.52. The van der Waals surface area contributed by atoms with Gasteiger partial charge in [0.2, 0.25) is 11.2 Å². The Balaban J connectivity index is 1.22. The third kappa shape index (κ3) is 3.38. The van der Waals surface area contributed by atoms with Gasteiger partial charge in [-0.05, 0) is 61.8 Å². The number of benzene rings is 2. The summed E-state index contributed by atoms with van der Waals surface area (Å²) >= 11 is 0. The maximum Gasteiger partial charge on any atom is 0.414 e. The van der Waals surface area contributed by atoms with Gasteiger partial charge in [0.05, 0.1) is 52.0 Å². The molecule has 4 bridgehead atoms. The van der Waals surface area contributed by atoms with Crippen LogP contribution in [0.3, 0.4) is 0 Å². The van der Waals surface area contributed by atoms with Crippen molar-refractivity contribution in [3.63, 3.8) is 0 Å². The van der Waals surface area contributed by atoms with E-state index in [0.717, 1.165) is 14.2 Å². The first-order chi connectivity index (χ1) is 31.1. The van der Waals surface area contributed by atoms with E-state index in [1.54, 1.807) is 36.4 Å². The molecule has 0 aromatic heterocycles. The number of rotatable bonds is 2. The summed E-state index contributed by atoms with van der Waals surface area (Å²) in [5.74, 6) is -4.42. The molecule has 7 aliphatic heterocycles. The molecule has 19 heteroatoms. The van der Waals surface area contributed by atoms with E-state index in [2.05, 4.69) is 9.80 Å². The molecule has 6 N–H and O–H groups in total. The summed E-state index contributed by atoms with van der Waals surface area (Å²) in [5, 5.41) is 78.8. The highest BCUT2D eigenvalue weighted by atomic mass is 16.6. The number of fused-ring (bicyclic) bond motifs is 11. The molecule has 65 heavy (non-hydrogen) atoms. The number of para-hydroxylation sites is 2. The van der Waals surface area contributed by atoms with Gasteiger partial charge in [-0.3, -0.25) is 19.6 Å². The van der Waals surface area contributed by atoms with Crippen LogP contribution in [0, 0.1) is 22.7 Å². The fourth-order valence-electron chi connectivity index (χ4n) is 18.9. The molecule has 15 rings (SSSR count). The molecule has 5 saturated heterocycles. The monoisotopic (exact) mass is 900 g/mol. The predicted molar refractivity (Wildman–Crippen MR) is 219 cm³/mol. The average molecular weight is 901 g/mol. The highest BCUT2D eigenvalue weighted by Gasteiger charge is 3.00. The zero-order valence-corrected chi connectivity index (χ0v) is 36.2. The smallest absolute Gasteiger partial charge is 0.414 e. The lowest BCUT2D eigenvalue weighted by Crippen LogP contribution is -2.94. The molecule has 0 unspecified atom stereocenters. The van der Waals surface area contributed by atoms with Crippen molar-refractivity contribution < 1.29 is 73.5 Å². The number of ether oxygens (including phenoxy) is 5. The first kappa shape index (κ1) is 40.8. The maximum atomic E-state index is 14.9. The standard InChI is InChI=1S/C46H52N4O15/c1-61-35(55)45(59)33(53)39-15-17-41(45)43(21-9-5-7-11-23(21)49(41)37(57)63-3)27-28-30(65-29(27)47(31(39)43)19-13-25(39)51)48-20-14-26(52)40-16-18-42(46(60,34(40)54)36(56)62-2)44(28,32(40)48)22-10-6-8-12-24(22)50(42)38(58)64-4/h5-12,25-34,51-54,59-60H,13-20H2,1-4H3/t25-,26-,27+,28+,29-,30-,31-,32-,33-,34-,39+,40+,41-,42-,43-,44-,45+,46+/m0/s1. The lowest BCUT2D eigenvalue weighted by atomic mass is 9.30. The molecule has 346 valence electrons. The number of methoxy groups -OCH3 is 4. The van der Waals surface area contributed by atoms with Crippen molar-refractivity contribution in [3.8, 4) is 0 Å². The number of aliphatic hydroxyl groups is 6. The summed E-state index contributed by atoms with van der Waals surface area (Å²) in [5.41, 5.74) is -15.1. The number of esters is 2. The molecule has 2 aromatic carbocycles. The summed E-state index contributed by atoms with van der Waals surface area (Å²) in [6.07, 6.45) is -10.2. The molecule has 18 atom stereocenters. The van der Waals surface area contributed by atoms with Crippen molar-refractivity contribution in [3.05, 3.63) is 59.7 Å². The largest absolute Gasteiger partial charge is 0.467 e. The number of amides is 2. The molecule has 7 heterocycles. The van der Waals surface area contributed by atoms with Crippen LogP contribution in [0.15, 0.2) is 48.5 Å². The normalized spacial score (nSPS) is 50.6. The van der Waals surface area contributed by atoms with Crippen LogP contribution in [0.25, 0.3) is 0 Å². The van der Waals surface area contributed by atoms with Crippen molar-refractivity contribution in [2.45, 2.75) is 121 Å². The van der Waals surface area contributed by atoms with Gasteiger partial charge in [-0.2, -0.15) is 0 Å². The molecule has 2 aromatic rings. The van der Waals surface area contributed by atoms with Crippen molar-refractivity contribution in [1.82, 2.24) is 9.80 Å². The lowest BCUT2D eigenvalue weighted by Gasteiger charge is -2.76. The molecule has 6 spiro atoms. The Bertz CT molecular complexity index is 2380. The summed E-state index contributed by atoms with van der Waals surface area (Å²) in [6, 6.07) is 12.2. The Morgan fingerprint density at radius 1 is 0.585 bits per heavy atom. The van der Waals surface area contributed by atoms with E-state index in [0.29, 0.717) is 22.5 Å². The fourth-order valence-corrected chi connectivity index (χ4v) is 18.9. The Morgan fingerprint density at radius 3 is 1.34 bits per heavy atom. The molecule has 6 saturated carbocycles. The van der Waals surface area contributed by atoms with Gasteiger partial charge < -0.3 is 54.3 Å². The molecule has 0 radical (unpaired) electrons. The van der Waals surface area contributed by atoms with Gasteiger partial charge in [0.1, 0.15) is 35.7 Å². The molecule has 19 nitrogen and oxygen atoms in total. The summed E-state index contributed by atoms with van der Waals surface area (Å²) < 4.78 is 29.7. The van der Waals surface area contributed by atoms with Crippen molar-refractivity contribution >= 4 is 35.5 Å². The summed E-state index contributed by atoms with van der Waals surface area (Å²) in [4.78, 5) is 66.3. The van der Waals surface area contributed by atoms with E-state index in [4.69, 9.17) is 23.7 Å². The van der Waals surface area contributed by atoms with E-state index < -0.39 is 129 Å². The highest BCUT2D eigenvalue weighted by molar-refractivity contribution is 6.01. The fraction of sp³-hybridized carbons (Fsp3) is 0.652. The number of anilines is 2. The van der Waals surface area contributed by atoms with Crippen LogP contribution in [0.1, 0.15) is 49.7 Å². The van der Waals surface area contributed by atoms with E-state index in [-0.39, 0.29) is 51.6 Å². The van der Waals surface area contributed by atoms with Crippen molar-refractivity contribution in [2.75, 3.05) is 51.3 Å². The van der Waals surface area contributed by atoms with Crippen LogP contribution < -0.4 is 9.80 Å². The van der Waals surface area contributed by atoms with Gasteiger partial charge in [0.15, 0.2) is 0 Å². The predicted octanol–water partition coefficient (Wildman–Crippen LogP) is -0.557. The van der Waals surface area contributed by atoms with Crippen LogP contribution in [-0.4, -0.2) is 177 Å². The number of carbonyl (C=O) groups excluding carboxylic acids is 4. The van der Waals surface area contributed by atoms with Gasteiger partial charge in [0, 0.05) is 58.7 Å². The first-order valence-electron chi connectivity index (χ1n) is 22.6. The minimum Gasteiger partial charge on any atom is -0.467 e. The maximum absolute atomic E-state index is 14.9. The van der Waals surface area contributed by atoms with Gasteiger partial charge in [-0.15, -0.1) is 0 Å². The number of carbonyl (C=O) groups is 4. The lowest BCUT2D eigenvalue weighted by molar-refractivity contribution is -0.311. The van der Waals surface area contributed by atoms with Crippen LogP contribution in [-0.2, 0) is 44.1 Å². The minimum atomic E-state index is -2.93. The van der Waals surface area contributed by atoms with Gasteiger partial charge >= 0.3 is 24.1 Å². The molecule has 11 fully saturated rings. The Labute approximate surface area is 372 Å². The molecular weight excluding hydrogens is 849 g/mol. The van der Waals surface area contributed by atoms with Crippen LogP contribution in [0.5, 0.6) is 0 Å². The number of nitrogens with zero attached hydrogens (tertiary/aromatic N) is 4. The highest BCUT2D eigenvalue weighted by Crippen LogP contribution is 2.86. The SMILES string of the molecule is COC(=O)N1c2ccccc2[C@@]23[C@@H]4[C@@H]5[C@H](O[C@@H]4N4CC[C@H](O)[C@]6(CC[C@]12[C@](O)(C(=O)OC)[C@H]6O)[C@H]43)N1CC[C@H](O)[C@]23CC[C@@]4(N(C(=O)OC)c6ccccc6[C@@]54[C@@H]12)[C@](O)(C(=O)OC)[C@H]3O. The zero-order chi connectivity index (χ0) is 45.6. The van der Waals surface area contributed by atoms with Crippen LogP contribution >= 0.6 is 0 Å². The molecule has 2 amide bonds. The summed E-state index contributed by atoms with van der Waals surface area (Å²) in [7, 11) is 4.56. The zero-order valence-electron chi connectivity index (χ0n) is 36.2. The Hall–Kier alpha value is -4.44. The van der Waals surface area contributed by atoms with Gasteiger partial charge in [-0.1, -0.05) is 36.4 Å². The number of aliphatic hydroxyl groups excluding tert-OH is 4. The molecular formula is C46H52N4O15. The molecule has 13 aliphatic rings. The van der Waals surface area contributed by atoms with E-state index in [1.165, 1.54) is 24.0 Å². The number of hydrogen-bond donors (Lipinski definition) is 6. The van der Waals surface area contributed by atoms with E-state index >= 15 is 0 Å². The van der Waals surface area contributed by atoms with Gasteiger partial charge in [-0.25, -0.2) is 19.2 Å². The topological polar surface area (TPSA) is 249 Å². The number of piperidine rings is 2. The summed E-state index contributed by atoms with van der Waals surface area (Å²) in [6.45, 7) is 0.464. The average Bonchev–Trinajstić information content (AvgIpc) is 4.08. The second-order valence-corrected chi connectivity index (χ2v) is 20.5. The van der Waals surface area contributed by atoms with E-state index in [1.807, 2.05) is 12.1 Å². The van der Waals surface area contributed by atoms with Crippen molar-refractivity contribution in [2.24, 2.45) is 22.7 Å². The first-order valence-corrected chi connectivity index (χ1v) is 22.6. The van der Waals surface area contributed by atoms with Crippen molar-refractivity contribution in [1.29, 1.82) is 0 Å². The third-order valence-electron chi connectivity index (χ3n) is 20.0. The minimum absolute atomic E-state index is 0.0545. The second-order valence-electron chi connectivity index (χ2n) is 20.5. The third-order valence-corrected chi connectivity index (χ3v) is 20.0. The quantitative estimate of drug-likeness (QED) is 0.163. The van der Waals surface area contributed by atoms with Crippen LogP contribution in [0.4, 0.5) is 21.0 Å². The van der Waals surface area contributed by atoms with E-state index in [9.17, 15) is 49.8 Å². The molecule has 6 aliphatic carbocycles. The van der Waals surface area contributed by atoms with Crippen LogP contribution in [0.2, 0.25) is 0 Å². The Morgan fingerprint density at radius 2 is 0.969 bits per heavy atom. The second kappa shape index (κ2) is 12.0. The van der Waals surface area contributed by atoms with Gasteiger partial charge in [0.25, 0.3) is 0 Å². The number of hydrogen-bond acceptors (Lipinski definition) is 17.